The molecule has 0 amide bonds. The number of aryl methyl sites for hydroxylation is 1. The zero-order chi connectivity index (χ0) is 39.9. The summed E-state index contributed by atoms with van der Waals surface area (Å²) in [7, 11) is 1.56. The normalized spacial score (nSPS) is 35.9. The first-order chi connectivity index (χ1) is 27.9. The minimum atomic E-state index is -1.44. The molecule has 1 aromatic heterocycles. The standard InChI is InChI=1S/C43H44N4O10S/c1-17-10-23-27(32(49)33(17)52-5)30-31-38-43(57-40(51)42(15-58-38)37-22(11-20(14-44)45-42)21-8-6-7-9-26(21)56-37)13-24(46(31)39(50)25-12-41(23,4)47(25)30)28-29(43)34(55-19(3)48)18(2)35-36(28)54-16-53-35/h6-10,20,24-25,30-31,38-39,45,49-50H,11-16,44H2,1-5H3/t20-,24-,25-,30+,31?,38-,39-,41?,42+,43?/m0/s1. The number of fused-ring (bicyclic) bond motifs is 12. The van der Waals surface area contributed by atoms with E-state index in [4.69, 9.17) is 33.8 Å². The summed E-state index contributed by atoms with van der Waals surface area (Å²) in [6.45, 7) is 7.51. The number of hydrogen-bond acceptors (Lipinski definition) is 15. The summed E-state index contributed by atoms with van der Waals surface area (Å²) in [5, 5.41) is 29.0. The Labute approximate surface area is 337 Å². The van der Waals surface area contributed by atoms with Crippen molar-refractivity contribution in [2.24, 2.45) is 5.73 Å². The average molecular weight is 809 g/mol. The number of ether oxygens (including phenoxy) is 5. The van der Waals surface area contributed by atoms with Crippen molar-refractivity contribution in [3.63, 3.8) is 0 Å². The second-order valence-electron chi connectivity index (χ2n) is 17.5. The van der Waals surface area contributed by atoms with Crippen molar-refractivity contribution in [3.8, 4) is 28.7 Å². The van der Waals surface area contributed by atoms with Crippen molar-refractivity contribution in [3.05, 3.63) is 75.0 Å². The van der Waals surface area contributed by atoms with Crippen LogP contribution in [0.5, 0.6) is 28.7 Å². The van der Waals surface area contributed by atoms with Gasteiger partial charge in [0.2, 0.25) is 6.79 Å². The number of esters is 2. The molecule has 12 rings (SSSR count). The smallest absolute Gasteiger partial charge is 0.336 e. The highest BCUT2D eigenvalue weighted by atomic mass is 32.2. The predicted molar refractivity (Wildman–Crippen MR) is 209 cm³/mol. The number of aliphatic hydroxyl groups excluding tert-OH is 1. The van der Waals surface area contributed by atoms with Crippen molar-refractivity contribution < 1.29 is 47.9 Å². The minimum Gasteiger partial charge on any atom is -0.504 e. The molecule has 15 heteroatoms. The number of carbonyl (C=O) groups excluding carboxylic acids is 2. The highest BCUT2D eigenvalue weighted by molar-refractivity contribution is 8.00. The number of nitrogens with zero attached hydrogens (tertiary/aromatic N) is 2. The molecule has 3 unspecified atom stereocenters. The van der Waals surface area contributed by atoms with Gasteiger partial charge in [0.15, 0.2) is 34.1 Å². The molecule has 7 aliphatic heterocycles. The zero-order valence-corrected chi connectivity index (χ0v) is 33.5. The molecule has 4 aromatic rings. The van der Waals surface area contributed by atoms with Crippen molar-refractivity contribution >= 4 is 34.7 Å². The Hall–Kier alpha value is -4.51. The van der Waals surface area contributed by atoms with Crippen LogP contribution in [0, 0.1) is 13.8 Å². The Balaban J connectivity index is 1.14. The van der Waals surface area contributed by atoms with Gasteiger partial charge in [-0.25, -0.2) is 4.79 Å². The molecule has 2 bridgehead atoms. The first-order valence-corrected chi connectivity index (χ1v) is 21.1. The number of nitrogens with one attached hydrogen (secondary N) is 1. The van der Waals surface area contributed by atoms with Gasteiger partial charge < -0.3 is 44.0 Å². The van der Waals surface area contributed by atoms with Crippen LogP contribution in [-0.2, 0) is 37.4 Å². The number of aromatic hydroxyl groups is 1. The highest BCUT2D eigenvalue weighted by Crippen LogP contribution is 2.74. The maximum absolute atomic E-state index is 15.6. The van der Waals surface area contributed by atoms with Crippen LogP contribution in [0.15, 0.2) is 34.7 Å². The van der Waals surface area contributed by atoms with Crippen LogP contribution in [0.3, 0.4) is 0 Å². The number of piperidine rings is 1. The van der Waals surface area contributed by atoms with Crippen molar-refractivity contribution in [2.75, 3.05) is 26.2 Å². The summed E-state index contributed by atoms with van der Waals surface area (Å²) in [4.78, 5) is 33.2. The molecule has 3 fully saturated rings. The van der Waals surface area contributed by atoms with E-state index >= 15 is 4.79 Å². The van der Waals surface area contributed by atoms with Crippen molar-refractivity contribution in [2.45, 2.75) is 105 Å². The van der Waals surface area contributed by atoms with E-state index in [1.54, 1.807) is 18.9 Å². The van der Waals surface area contributed by atoms with E-state index in [1.807, 2.05) is 38.1 Å². The van der Waals surface area contributed by atoms with Crippen LogP contribution in [0.2, 0.25) is 0 Å². The van der Waals surface area contributed by atoms with Gasteiger partial charge in [-0.3, -0.25) is 19.9 Å². The molecule has 0 saturated carbocycles. The zero-order valence-electron chi connectivity index (χ0n) is 32.7. The Bertz CT molecular complexity index is 2560. The lowest BCUT2D eigenvalue weighted by atomic mass is 9.72. The Kier molecular flexibility index (Phi) is 6.96. The largest absolute Gasteiger partial charge is 0.504 e. The van der Waals surface area contributed by atoms with Gasteiger partial charge in [-0.1, -0.05) is 18.2 Å². The van der Waals surface area contributed by atoms with Crippen LogP contribution >= 0.6 is 11.8 Å². The summed E-state index contributed by atoms with van der Waals surface area (Å²) in [6, 6.07) is 7.83. The number of benzene rings is 3. The number of phenolic OH excluding ortho intramolecular Hbond substituents is 1. The number of carbonyl (C=O) groups is 2. The molecule has 5 N–H and O–H groups in total. The van der Waals surface area contributed by atoms with Gasteiger partial charge in [0, 0.05) is 82.5 Å². The van der Waals surface area contributed by atoms with E-state index in [0.717, 1.165) is 27.6 Å². The first-order valence-electron chi connectivity index (χ1n) is 20.0. The number of nitrogens with two attached hydrogens (primary N) is 1. The van der Waals surface area contributed by atoms with E-state index < -0.39 is 58.2 Å². The van der Waals surface area contributed by atoms with E-state index in [-0.39, 0.29) is 49.1 Å². The van der Waals surface area contributed by atoms with Gasteiger partial charge in [0.1, 0.15) is 23.3 Å². The number of thioether (sulfide) groups is 1. The van der Waals surface area contributed by atoms with E-state index in [0.29, 0.717) is 58.1 Å². The van der Waals surface area contributed by atoms with E-state index in [1.165, 1.54) is 6.92 Å². The highest BCUT2D eigenvalue weighted by Gasteiger charge is 2.76. The van der Waals surface area contributed by atoms with Crippen LogP contribution in [0.25, 0.3) is 11.0 Å². The lowest BCUT2D eigenvalue weighted by molar-refractivity contribution is -0.262. The van der Waals surface area contributed by atoms with Gasteiger partial charge in [0.05, 0.1) is 24.4 Å². The number of piperazine rings is 1. The Morgan fingerprint density at radius 3 is 2.71 bits per heavy atom. The van der Waals surface area contributed by atoms with Gasteiger partial charge in [-0.15, -0.1) is 11.8 Å². The minimum absolute atomic E-state index is 0.0457. The number of aliphatic hydroxyl groups is 1. The number of para-hydroxylation sites is 1. The molecule has 8 heterocycles. The topological polar surface area (TPSA) is 178 Å². The number of hydrogen-bond donors (Lipinski definition) is 4. The summed E-state index contributed by atoms with van der Waals surface area (Å²) >= 11 is 1.57. The van der Waals surface area contributed by atoms with Crippen LogP contribution in [0.4, 0.5) is 0 Å². The second kappa shape index (κ2) is 11.4. The van der Waals surface area contributed by atoms with Crippen LogP contribution < -0.4 is 30.0 Å². The predicted octanol–water partition coefficient (Wildman–Crippen LogP) is 4.15. The maximum Gasteiger partial charge on any atom is 0.336 e. The van der Waals surface area contributed by atoms with Gasteiger partial charge in [-0.05, 0) is 56.9 Å². The summed E-state index contributed by atoms with van der Waals surface area (Å²) in [6.07, 6.45) is 0.543. The Morgan fingerprint density at radius 2 is 1.93 bits per heavy atom. The molecule has 2 spiro atoms. The summed E-state index contributed by atoms with van der Waals surface area (Å²) in [5.41, 5.74) is 9.00. The number of phenols is 1. The third-order valence-electron chi connectivity index (χ3n) is 14.7. The third kappa shape index (κ3) is 3.94. The number of furan rings is 1. The number of methoxy groups -OCH3 is 1. The van der Waals surface area contributed by atoms with Crippen molar-refractivity contribution in [1.82, 2.24) is 15.1 Å². The lowest BCUT2D eigenvalue weighted by Crippen LogP contribution is -2.77. The molecular formula is C43H44N4O10S. The van der Waals surface area contributed by atoms with Gasteiger partial charge in [0.25, 0.3) is 0 Å². The summed E-state index contributed by atoms with van der Waals surface area (Å²) < 4.78 is 38.2. The molecule has 14 nitrogen and oxygen atoms in total. The monoisotopic (exact) mass is 808 g/mol. The first kappa shape index (κ1) is 35.4. The lowest BCUT2D eigenvalue weighted by Gasteiger charge is -2.67. The number of rotatable bonds is 3. The second-order valence-corrected chi connectivity index (χ2v) is 18.6. The average Bonchev–Trinajstić information content (AvgIpc) is 3.92. The fraction of sp³-hybridized carbons (Fsp3) is 0.488. The van der Waals surface area contributed by atoms with Gasteiger partial charge in [-0.2, -0.15) is 0 Å². The maximum atomic E-state index is 15.6. The van der Waals surface area contributed by atoms with Gasteiger partial charge >= 0.3 is 11.9 Å². The summed E-state index contributed by atoms with van der Waals surface area (Å²) in [5.74, 6) is 1.33. The van der Waals surface area contributed by atoms with Crippen molar-refractivity contribution in [1.29, 1.82) is 0 Å². The van der Waals surface area contributed by atoms with Crippen LogP contribution in [-0.4, -0.2) is 87.8 Å². The third-order valence-corrected chi connectivity index (χ3v) is 16.4. The Morgan fingerprint density at radius 1 is 1.14 bits per heavy atom. The molecule has 3 aromatic carbocycles. The SMILES string of the molecule is COc1c(C)cc2c(c1O)[C@@H]1C3[C@@H]4SC[C@]5(N[C@H](CN)Cc6c5oc5ccccc65)C(=O)OC45C[C@@H](c4c6c(c(C)c(OC(C)=O)c45)OCO6)N3[C@@H](O)[C@@H]3CC2(C)N13. The molecule has 0 radical (unpaired) electrons. The molecule has 8 aliphatic rings. The molecule has 3 saturated heterocycles. The van der Waals surface area contributed by atoms with E-state index in [9.17, 15) is 15.0 Å². The fourth-order valence-corrected chi connectivity index (χ4v) is 14.4. The molecule has 1 aliphatic carbocycles. The van der Waals surface area contributed by atoms with Crippen LogP contribution in [0.1, 0.15) is 83.5 Å². The molecule has 302 valence electrons. The molecular weight excluding hydrogens is 765 g/mol. The molecule has 58 heavy (non-hydrogen) atoms. The van der Waals surface area contributed by atoms with E-state index in [2.05, 4.69) is 28.1 Å². The molecule has 10 atom stereocenters. The quantitative estimate of drug-likeness (QED) is 0.171. The fourth-order valence-electron chi connectivity index (χ4n) is 12.6.